The minimum atomic E-state index is -0.507. The molecule has 1 amide bonds. The van der Waals surface area contributed by atoms with Crippen molar-refractivity contribution in [1.82, 2.24) is 19.4 Å². The number of ether oxygens (including phenoxy) is 1. The number of fused-ring (bicyclic) bond motifs is 1. The van der Waals surface area contributed by atoms with Gasteiger partial charge in [0.2, 0.25) is 0 Å². The first-order valence-corrected chi connectivity index (χ1v) is 11.6. The number of anilines is 1. The van der Waals surface area contributed by atoms with Crippen LogP contribution in [0.4, 0.5) is 10.6 Å². The zero-order valence-electron chi connectivity index (χ0n) is 18.8. The van der Waals surface area contributed by atoms with Crippen molar-refractivity contribution in [3.05, 3.63) is 56.4 Å². The van der Waals surface area contributed by atoms with Crippen LogP contribution in [0.5, 0.6) is 0 Å². The molecule has 1 atom stereocenters. The summed E-state index contributed by atoms with van der Waals surface area (Å²) in [5, 5.41) is 4.33. The molecular formula is C23H27Cl2N5O3. The molecule has 4 rings (SSSR count). The second-order valence-electron chi connectivity index (χ2n) is 9.25. The van der Waals surface area contributed by atoms with Gasteiger partial charge >= 0.3 is 11.8 Å². The van der Waals surface area contributed by atoms with Gasteiger partial charge in [0, 0.05) is 35.2 Å². The summed E-state index contributed by atoms with van der Waals surface area (Å²) in [7, 11) is 0. The van der Waals surface area contributed by atoms with Crippen molar-refractivity contribution in [3.8, 4) is 0 Å². The number of carbonyl (C=O) groups excluding carboxylic acids is 1. The number of hydrogen-bond acceptors (Lipinski definition) is 5. The predicted octanol–water partition coefficient (Wildman–Crippen LogP) is 4.75. The monoisotopic (exact) mass is 491 g/mol. The molecule has 0 unspecified atom stereocenters. The lowest BCUT2D eigenvalue weighted by molar-refractivity contribution is 0.0289. The fraction of sp³-hybridized carbons (Fsp3) is 0.435. The highest BCUT2D eigenvalue weighted by Crippen LogP contribution is 2.26. The van der Waals surface area contributed by atoms with Crippen LogP contribution in [0.2, 0.25) is 10.0 Å². The highest BCUT2D eigenvalue weighted by Gasteiger charge is 2.29. The summed E-state index contributed by atoms with van der Waals surface area (Å²) in [4.78, 5) is 34.0. The van der Waals surface area contributed by atoms with Crippen molar-refractivity contribution in [1.29, 1.82) is 0 Å². The summed E-state index contributed by atoms with van der Waals surface area (Å²) >= 11 is 12.6. The van der Waals surface area contributed by atoms with Gasteiger partial charge in [0.05, 0.1) is 12.1 Å². The molecule has 1 saturated heterocycles. The number of likely N-dealkylation sites (tertiary alicyclic amines) is 1. The van der Waals surface area contributed by atoms with Gasteiger partial charge < -0.3 is 19.9 Å². The van der Waals surface area contributed by atoms with Gasteiger partial charge in [-0.15, -0.1) is 0 Å². The minimum Gasteiger partial charge on any atom is -0.444 e. The number of hydrogen-bond donors (Lipinski definition) is 2. The minimum absolute atomic E-state index is 0.210. The van der Waals surface area contributed by atoms with Gasteiger partial charge in [-0.1, -0.05) is 29.3 Å². The number of rotatable bonds is 5. The van der Waals surface area contributed by atoms with E-state index in [9.17, 15) is 9.59 Å². The van der Waals surface area contributed by atoms with Crippen LogP contribution in [0, 0.1) is 5.92 Å². The highest BCUT2D eigenvalue weighted by molar-refractivity contribution is 6.36. The Balaban J connectivity index is 1.45. The Bertz CT molecular complexity index is 1210. The van der Waals surface area contributed by atoms with E-state index in [4.69, 9.17) is 27.9 Å². The molecule has 1 aliphatic heterocycles. The Morgan fingerprint density at radius 1 is 1.24 bits per heavy atom. The Morgan fingerprint density at radius 2 is 1.97 bits per heavy atom. The Hall–Kier alpha value is -2.71. The quantitative estimate of drug-likeness (QED) is 0.537. The number of nitrogens with zero attached hydrogens (tertiary/aromatic N) is 3. The zero-order valence-corrected chi connectivity index (χ0v) is 20.3. The molecule has 2 aromatic heterocycles. The van der Waals surface area contributed by atoms with E-state index in [0.29, 0.717) is 52.2 Å². The molecule has 8 nitrogen and oxygen atoms in total. The molecule has 2 N–H and O–H groups in total. The third-order valence-corrected chi connectivity index (χ3v) is 6.21. The van der Waals surface area contributed by atoms with Crippen molar-refractivity contribution in [3.63, 3.8) is 0 Å². The first-order valence-electron chi connectivity index (χ1n) is 10.8. The van der Waals surface area contributed by atoms with Gasteiger partial charge in [-0.2, -0.15) is 0 Å². The summed E-state index contributed by atoms with van der Waals surface area (Å²) < 4.78 is 6.98. The lowest BCUT2D eigenvalue weighted by Crippen LogP contribution is -2.35. The lowest BCUT2D eigenvalue weighted by Gasteiger charge is -2.24. The molecule has 1 fully saturated rings. The van der Waals surface area contributed by atoms with E-state index in [0.717, 1.165) is 6.42 Å². The van der Waals surface area contributed by atoms with Crippen molar-refractivity contribution in [2.24, 2.45) is 5.92 Å². The van der Waals surface area contributed by atoms with Crippen LogP contribution in [0.15, 0.2) is 35.1 Å². The molecule has 1 aromatic carbocycles. The van der Waals surface area contributed by atoms with Crippen molar-refractivity contribution in [2.45, 2.75) is 39.3 Å². The maximum Gasteiger partial charge on any atom is 0.410 e. The number of imidazole rings is 1. The van der Waals surface area contributed by atoms with Crippen LogP contribution in [0.1, 0.15) is 32.8 Å². The standard InChI is InChI=1S/C23H27Cl2N5O3/c1-23(2,3)33-22(32)29-10-9-14(12-29)11-26-19-8-7-18-20(28-19)30(21(31)27-18)13-15-16(24)5-4-6-17(15)25/h4-8,14H,9-13H2,1-3H3,(H,26,28)(H,27,31)/t14-/m0/s1. The van der Waals surface area contributed by atoms with Gasteiger partial charge in [-0.25, -0.2) is 14.6 Å². The largest absolute Gasteiger partial charge is 0.444 e. The highest BCUT2D eigenvalue weighted by atomic mass is 35.5. The first kappa shape index (κ1) is 23.4. The fourth-order valence-corrected chi connectivity index (χ4v) is 4.37. The molecule has 10 heteroatoms. The van der Waals surface area contributed by atoms with Crippen molar-refractivity contribution < 1.29 is 9.53 Å². The summed E-state index contributed by atoms with van der Waals surface area (Å²) in [6.45, 7) is 7.75. The Morgan fingerprint density at radius 3 is 2.67 bits per heavy atom. The summed E-state index contributed by atoms with van der Waals surface area (Å²) in [5.74, 6) is 0.932. The molecule has 1 aliphatic rings. The molecule has 33 heavy (non-hydrogen) atoms. The van der Waals surface area contributed by atoms with Gasteiger partial charge in [0.25, 0.3) is 0 Å². The van der Waals surface area contributed by atoms with E-state index < -0.39 is 5.60 Å². The molecule has 0 aliphatic carbocycles. The third kappa shape index (κ3) is 5.45. The third-order valence-electron chi connectivity index (χ3n) is 5.50. The maximum atomic E-state index is 12.6. The van der Waals surface area contributed by atoms with E-state index in [1.165, 1.54) is 4.57 Å². The van der Waals surface area contributed by atoms with Crippen LogP contribution >= 0.6 is 23.2 Å². The first-order chi connectivity index (χ1) is 15.6. The Kier molecular flexibility index (Phi) is 6.59. The van der Waals surface area contributed by atoms with Crippen LogP contribution in [-0.2, 0) is 11.3 Å². The smallest absolute Gasteiger partial charge is 0.410 e. The Labute approximate surface area is 201 Å². The number of H-pyrrole nitrogens is 1. The van der Waals surface area contributed by atoms with E-state index >= 15 is 0 Å². The number of carbonyl (C=O) groups is 1. The second-order valence-corrected chi connectivity index (χ2v) is 10.1. The van der Waals surface area contributed by atoms with E-state index in [-0.39, 0.29) is 24.2 Å². The molecule has 3 heterocycles. The molecule has 0 bridgehead atoms. The molecule has 176 valence electrons. The summed E-state index contributed by atoms with van der Waals surface area (Å²) in [6, 6.07) is 8.89. The van der Waals surface area contributed by atoms with Crippen LogP contribution < -0.4 is 11.0 Å². The average Bonchev–Trinajstić information content (AvgIpc) is 3.32. The lowest BCUT2D eigenvalue weighted by atomic mass is 10.1. The number of nitrogens with one attached hydrogen (secondary N) is 2. The number of halogens is 2. The number of benzene rings is 1. The van der Waals surface area contributed by atoms with Gasteiger partial charge in [0.15, 0.2) is 5.65 Å². The molecule has 0 radical (unpaired) electrons. The predicted molar refractivity (Wildman–Crippen MR) is 130 cm³/mol. The topological polar surface area (TPSA) is 92.3 Å². The van der Waals surface area contributed by atoms with Crippen LogP contribution in [0.3, 0.4) is 0 Å². The average molecular weight is 492 g/mol. The maximum absolute atomic E-state index is 12.6. The molecule has 0 saturated carbocycles. The van der Waals surface area contributed by atoms with Crippen LogP contribution in [-0.4, -0.2) is 50.8 Å². The normalized spacial score (nSPS) is 16.4. The fourth-order valence-electron chi connectivity index (χ4n) is 3.86. The molecule has 0 spiro atoms. The van der Waals surface area contributed by atoms with E-state index in [2.05, 4.69) is 15.3 Å². The van der Waals surface area contributed by atoms with Gasteiger partial charge in [-0.3, -0.25) is 4.57 Å². The number of amides is 1. The van der Waals surface area contributed by atoms with E-state index in [1.54, 1.807) is 23.1 Å². The van der Waals surface area contributed by atoms with Crippen molar-refractivity contribution >= 4 is 46.3 Å². The number of pyridine rings is 1. The van der Waals surface area contributed by atoms with Crippen molar-refractivity contribution in [2.75, 3.05) is 25.0 Å². The second kappa shape index (κ2) is 9.27. The van der Waals surface area contributed by atoms with Crippen LogP contribution in [0.25, 0.3) is 11.2 Å². The number of aromatic nitrogens is 3. The van der Waals surface area contributed by atoms with Gasteiger partial charge in [-0.05, 0) is 57.4 Å². The number of aromatic amines is 1. The summed E-state index contributed by atoms with van der Waals surface area (Å²) in [5.41, 5.74) is 1.02. The molecular weight excluding hydrogens is 465 g/mol. The SMILES string of the molecule is CC(C)(C)OC(=O)N1CC[C@@H](CNc2ccc3[nH]c(=O)n(Cc4c(Cl)cccc4Cl)c3n2)C1. The van der Waals surface area contributed by atoms with Gasteiger partial charge in [0.1, 0.15) is 11.4 Å². The zero-order chi connectivity index (χ0) is 23.8. The summed E-state index contributed by atoms with van der Waals surface area (Å²) in [6.07, 6.45) is 0.605. The van der Waals surface area contributed by atoms with E-state index in [1.807, 2.05) is 32.9 Å². The molecule has 3 aromatic rings.